The average molecular weight is 228 g/mol. The zero-order valence-corrected chi connectivity index (χ0v) is 10.6. The molecule has 1 aliphatic rings. The largest absolute Gasteiger partial charge is 0.381 e. The fourth-order valence-corrected chi connectivity index (χ4v) is 1.99. The second-order valence-electron chi connectivity index (χ2n) is 4.66. The summed E-state index contributed by atoms with van der Waals surface area (Å²) in [7, 11) is 1.74. The number of ether oxygens (including phenoxy) is 1. The lowest BCUT2D eigenvalue weighted by molar-refractivity contribution is -0.121. The fraction of sp³-hybridized carbons (Fsp3) is 0.917. The van der Waals surface area contributed by atoms with Gasteiger partial charge in [0.05, 0.1) is 12.6 Å². The Bertz CT molecular complexity index is 215. The van der Waals surface area contributed by atoms with Crippen molar-refractivity contribution in [3.63, 3.8) is 0 Å². The highest BCUT2D eigenvalue weighted by molar-refractivity contribution is 5.78. The highest BCUT2D eigenvalue weighted by Crippen LogP contribution is 2.21. The lowest BCUT2D eigenvalue weighted by Gasteiger charge is -2.34. The SMILES string of the molecule is CCCC(C)NC(=O)CNC1CC(OC)C1. The molecule has 1 amide bonds. The molecule has 1 saturated carbocycles. The topological polar surface area (TPSA) is 50.4 Å². The van der Waals surface area contributed by atoms with Crippen LogP contribution in [0.25, 0.3) is 0 Å². The molecule has 0 radical (unpaired) electrons. The van der Waals surface area contributed by atoms with Crippen LogP contribution in [0.1, 0.15) is 39.5 Å². The maximum atomic E-state index is 11.5. The maximum absolute atomic E-state index is 11.5. The summed E-state index contributed by atoms with van der Waals surface area (Å²) in [6, 6.07) is 0.740. The highest BCUT2D eigenvalue weighted by Gasteiger charge is 2.28. The Hall–Kier alpha value is -0.610. The molecule has 1 rings (SSSR count). The van der Waals surface area contributed by atoms with E-state index >= 15 is 0 Å². The molecule has 16 heavy (non-hydrogen) atoms. The summed E-state index contributed by atoms with van der Waals surface area (Å²) < 4.78 is 5.18. The van der Waals surface area contributed by atoms with Gasteiger partial charge in [0.25, 0.3) is 0 Å². The zero-order valence-electron chi connectivity index (χ0n) is 10.6. The minimum Gasteiger partial charge on any atom is -0.381 e. The Morgan fingerprint density at radius 1 is 1.50 bits per heavy atom. The minimum atomic E-state index is 0.0989. The van der Waals surface area contributed by atoms with Crippen LogP contribution < -0.4 is 10.6 Å². The Balaban J connectivity index is 2.03. The summed E-state index contributed by atoms with van der Waals surface area (Å²) in [6.45, 7) is 4.60. The average Bonchev–Trinajstić information content (AvgIpc) is 2.15. The number of amides is 1. The normalized spacial score (nSPS) is 25.9. The van der Waals surface area contributed by atoms with Crippen LogP contribution in [-0.4, -0.2) is 37.7 Å². The molecule has 1 fully saturated rings. The van der Waals surface area contributed by atoms with Crippen molar-refractivity contribution >= 4 is 5.91 Å². The third-order valence-electron chi connectivity index (χ3n) is 3.11. The summed E-state index contributed by atoms with van der Waals surface area (Å²) >= 11 is 0. The minimum absolute atomic E-state index is 0.0989. The molecule has 0 aliphatic heterocycles. The molecule has 94 valence electrons. The van der Waals surface area contributed by atoms with Crippen molar-refractivity contribution in [1.82, 2.24) is 10.6 Å². The molecule has 1 atom stereocenters. The second kappa shape index (κ2) is 6.86. The van der Waals surface area contributed by atoms with Gasteiger partial charge in [0.15, 0.2) is 0 Å². The number of methoxy groups -OCH3 is 1. The predicted molar refractivity (Wildman–Crippen MR) is 64.3 cm³/mol. The van der Waals surface area contributed by atoms with Crippen LogP contribution in [0.15, 0.2) is 0 Å². The first-order chi connectivity index (χ1) is 7.65. The third-order valence-corrected chi connectivity index (χ3v) is 3.11. The van der Waals surface area contributed by atoms with E-state index in [9.17, 15) is 4.79 Å². The molecular weight excluding hydrogens is 204 g/mol. The number of carbonyl (C=O) groups is 1. The van der Waals surface area contributed by atoms with Gasteiger partial charge in [-0.2, -0.15) is 0 Å². The Labute approximate surface area is 98.1 Å². The summed E-state index contributed by atoms with van der Waals surface area (Å²) in [5.74, 6) is 0.0989. The van der Waals surface area contributed by atoms with E-state index in [0.29, 0.717) is 18.7 Å². The van der Waals surface area contributed by atoms with Crippen LogP contribution in [0.2, 0.25) is 0 Å². The van der Waals surface area contributed by atoms with Crippen molar-refractivity contribution in [2.75, 3.05) is 13.7 Å². The Kier molecular flexibility index (Phi) is 5.77. The summed E-state index contributed by atoms with van der Waals surface area (Å²) in [6.07, 6.45) is 4.58. The first-order valence-electron chi connectivity index (χ1n) is 6.21. The van der Waals surface area contributed by atoms with Gasteiger partial charge >= 0.3 is 0 Å². The van der Waals surface area contributed by atoms with Gasteiger partial charge in [0.2, 0.25) is 5.91 Å². The number of hydrogen-bond acceptors (Lipinski definition) is 3. The number of hydrogen-bond donors (Lipinski definition) is 2. The van der Waals surface area contributed by atoms with Crippen LogP contribution in [0.4, 0.5) is 0 Å². The first-order valence-corrected chi connectivity index (χ1v) is 6.21. The van der Waals surface area contributed by atoms with E-state index in [0.717, 1.165) is 25.7 Å². The van der Waals surface area contributed by atoms with Crippen LogP contribution in [0, 0.1) is 0 Å². The summed E-state index contributed by atoms with van der Waals surface area (Å²) in [5, 5.41) is 6.22. The van der Waals surface area contributed by atoms with Gasteiger partial charge in [0.1, 0.15) is 0 Å². The van der Waals surface area contributed by atoms with Gasteiger partial charge in [0, 0.05) is 19.2 Å². The molecule has 4 nitrogen and oxygen atoms in total. The van der Waals surface area contributed by atoms with Gasteiger partial charge in [-0.3, -0.25) is 4.79 Å². The first kappa shape index (κ1) is 13.5. The van der Waals surface area contributed by atoms with E-state index in [4.69, 9.17) is 4.74 Å². The molecule has 0 saturated heterocycles. The van der Waals surface area contributed by atoms with Crippen molar-refractivity contribution in [2.45, 2.75) is 57.7 Å². The van der Waals surface area contributed by atoms with Crippen molar-refractivity contribution in [2.24, 2.45) is 0 Å². The molecule has 4 heteroatoms. The molecule has 2 N–H and O–H groups in total. The fourth-order valence-electron chi connectivity index (χ4n) is 1.99. The lowest BCUT2D eigenvalue weighted by Crippen LogP contribution is -2.49. The van der Waals surface area contributed by atoms with E-state index < -0.39 is 0 Å². The quantitative estimate of drug-likeness (QED) is 0.685. The van der Waals surface area contributed by atoms with Crippen LogP contribution >= 0.6 is 0 Å². The summed E-state index contributed by atoms with van der Waals surface area (Å²) in [4.78, 5) is 11.5. The molecule has 1 aliphatic carbocycles. The van der Waals surface area contributed by atoms with E-state index in [1.54, 1.807) is 7.11 Å². The van der Waals surface area contributed by atoms with Crippen molar-refractivity contribution in [3.05, 3.63) is 0 Å². The van der Waals surface area contributed by atoms with Crippen molar-refractivity contribution < 1.29 is 9.53 Å². The standard InChI is InChI=1S/C12H24N2O2/c1-4-5-9(2)14-12(15)8-13-10-6-11(7-10)16-3/h9-11,13H,4-8H2,1-3H3,(H,14,15). The molecule has 0 aromatic heterocycles. The molecule has 0 spiro atoms. The molecule has 0 heterocycles. The maximum Gasteiger partial charge on any atom is 0.234 e. The monoisotopic (exact) mass is 228 g/mol. The smallest absolute Gasteiger partial charge is 0.234 e. The zero-order chi connectivity index (χ0) is 12.0. The van der Waals surface area contributed by atoms with Gasteiger partial charge in [-0.25, -0.2) is 0 Å². The molecule has 0 aromatic rings. The number of nitrogens with one attached hydrogen (secondary N) is 2. The second-order valence-corrected chi connectivity index (χ2v) is 4.66. The van der Waals surface area contributed by atoms with Gasteiger partial charge in [-0.05, 0) is 26.2 Å². The van der Waals surface area contributed by atoms with E-state index in [1.807, 2.05) is 6.92 Å². The Morgan fingerprint density at radius 3 is 2.75 bits per heavy atom. The van der Waals surface area contributed by atoms with Crippen LogP contribution in [0.5, 0.6) is 0 Å². The summed E-state index contributed by atoms with van der Waals surface area (Å²) in [5.41, 5.74) is 0. The van der Waals surface area contributed by atoms with E-state index in [2.05, 4.69) is 17.6 Å². The van der Waals surface area contributed by atoms with Gasteiger partial charge in [-0.15, -0.1) is 0 Å². The van der Waals surface area contributed by atoms with Crippen molar-refractivity contribution in [3.8, 4) is 0 Å². The molecule has 0 aromatic carbocycles. The molecular formula is C12H24N2O2. The Morgan fingerprint density at radius 2 is 2.19 bits per heavy atom. The highest BCUT2D eigenvalue weighted by atomic mass is 16.5. The molecule has 0 bridgehead atoms. The van der Waals surface area contributed by atoms with Crippen LogP contribution in [-0.2, 0) is 9.53 Å². The van der Waals surface area contributed by atoms with E-state index in [1.165, 1.54) is 0 Å². The molecule has 1 unspecified atom stereocenters. The van der Waals surface area contributed by atoms with Crippen molar-refractivity contribution in [1.29, 1.82) is 0 Å². The van der Waals surface area contributed by atoms with E-state index in [-0.39, 0.29) is 11.9 Å². The third kappa shape index (κ3) is 4.49. The van der Waals surface area contributed by atoms with Gasteiger partial charge in [-0.1, -0.05) is 13.3 Å². The number of rotatable bonds is 7. The van der Waals surface area contributed by atoms with Crippen LogP contribution in [0.3, 0.4) is 0 Å². The lowest BCUT2D eigenvalue weighted by atomic mass is 9.89. The number of carbonyl (C=O) groups excluding carboxylic acids is 1. The predicted octanol–water partition coefficient (Wildman–Crippen LogP) is 1.06. The van der Waals surface area contributed by atoms with Gasteiger partial charge < -0.3 is 15.4 Å².